The molecular formula is C20H22Cl2N2O2. The van der Waals surface area contributed by atoms with E-state index in [0.29, 0.717) is 35.2 Å². The number of carbonyl (C=O) groups is 2. The van der Waals surface area contributed by atoms with Gasteiger partial charge in [0.2, 0.25) is 5.91 Å². The molecule has 0 bridgehead atoms. The van der Waals surface area contributed by atoms with Crippen LogP contribution in [-0.4, -0.2) is 36.3 Å². The molecule has 0 aliphatic carbocycles. The lowest BCUT2D eigenvalue weighted by molar-refractivity contribution is -0.128. The first-order chi connectivity index (χ1) is 12.5. The summed E-state index contributed by atoms with van der Waals surface area (Å²) in [6.07, 6.45) is 1.80. The lowest BCUT2D eigenvalue weighted by atomic mass is 10.1. The first-order valence-corrected chi connectivity index (χ1v) is 9.25. The topological polar surface area (TPSA) is 49.4 Å². The van der Waals surface area contributed by atoms with E-state index in [0.717, 1.165) is 12.8 Å². The van der Waals surface area contributed by atoms with E-state index in [9.17, 15) is 9.59 Å². The second-order valence-corrected chi connectivity index (χ2v) is 6.79. The summed E-state index contributed by atoms with van der Waals surface area (Å²) in [6, 6.07) is 14.9. The number of nitrogens with zero attached hydrogens (tertiary/aromatic N) is 1. The molecule has 0 heterocycles. The molecule has 2 aromatic rings. The summed E-state index contributed by atoms with van der Waals surface area (Å²) in [5, 5.41) is 3.55. The van der Waals surface area contributed by atoms with E-state index in [1.165, 1.54) is 11.6 Å². The third-order valence-corrected chi connectivity index (χ3v) is 4.77. The number of benzene rings is 2. The maximum absolute atomic E-state index is 12.1. The van der Waals surface area contributed by atoms with Crippen LogP contribution in [0.4, 0.5) is 0 Å². The molecule has 4 nitrogen and oxygen atoms in total. The summed E-state index contributed by atoms with van der Waals surface area (Å²) >= 11 is 11.8. The molecule has 0 atom stereocenters. The summed E-state index contributed by atoms with van der Waals surface area (Å²) in [7, 11) is 0. The fraction of sp³-hybridized carbons (Fsp3) is 0.300. The Bertz CT molecular complexity index is 751. The fourth-order valence-corrected chi connectivity index (χ4v) is 2.89. The highest BCUT2D eigenvalue weighted by Gasteiger charge is 2.11. The molecule has 0 aliphatic heterocycles. The molecule has 138 valence electrons. The van der Waals surface area contributed by atoms with Crippen LogP contribution in [0.3, 0.4) is 0 Å². The molecule has 0 saturated heterocycles. The number of amides is 2. The van der Waals surface area contributed by atoms with Crippen LogP contribution in [0, 0.1) is 0 Å². The second kappa shape index (κ2) is 10.2. The molecule has 0 fully saturated rings. The molecule has 1 N–H and O–H groups in total. The van der Waals surface area contributed by atoms with E-state index in [1.807, 2.05) is 18.2 Å². The minimum absolute atomic E-state index is 0.00171. The number of carbonyl (C=O) groups excluding carboxylic acids is 2. The second-order valence-electron chi connectivity index (χ2n) is 5.98. The van der Waals surface area contributed by atoms with Gasteiger partial charge in [-0.3, -0.25) is 9.59 Å². The Morgan fingerprint density at radius 3 is 2.38 bits per heavy atom. The maximum Gasteiger partial charge on any atom is 0.251 e. The standard InChI is InChI=1S/C20H22Cl2N2O2/c1-15(25)24(12-5-8-16-6-3-2-4-7-16)13-11-23-20(26)17-9-10-18(21)19(22)14-17/h2-4,6-7,9-10,14H,5,8,11-13H2,1H3,(H,23,26). The normalized spacial score (nSPS) is 10.4. The molecule has 26 heavy (non-hydrogen) atoms. The largest absolute Gasteiger partial charge is 0.350 e. The van der Waals surface area contributed by atoms with Crippen molar-refractivity contribution in [1.82, 2.24) is 10.2 Å². The average Bonchev–Trinajstić information content (AvgIpc) is 2.63. The van der Waals surface area contributed by atoms with Crippen molar-refractivity contribution in [3.05, 3.63) is 69.7 Å². The first kappa shape index (κ1) is 20.3. The van der Waals surface area contributed by atoms with Gasteiger partial charge in [-0.1, -0.05) is 53.5 Å². The van der Waals surface area contributed by atoms with Gasteiger partial charge in [0.05, 0.1) is 10.0 Å². The molecule has 2 rings (SSSR count). The Hall–Kier alpha value is -2.04. The zero-order valence-electron chi connectivity index (χ0n) is 14.7. The summed E-state index contributed by atoms with van der Waals surface area (Å²) < 4.78 is 0. The Labute approximate surface area is 164 Å². The van der Waals surface area contributed by atoms with E-state index in [4.69, 9.17) is 23.2 Å². The maximum atomic E-state index is 12.1. The van der Waals surface area contributed by atoms with Crippen molar-refractivity contribution in [1.29, 1.82) is 0 Å². The predicted molar refractivity (Wildman–Crippen MR) is 106 cm³/mol. The van der Waals surface area contributed by atoms with Crippen LogP contribution in [0.2, 0.25) is 10.0 Å². The fourth-order valence-electron chi connectivity index (χ4n) is 2.59. The van der Waals surface area contributed by atoms with Crippen molar-refractivity contribution in [3.8, 4) is 0 Å². The molecule has 0 aliphatic rings. The van der Waals surface area contributed by atoms with Crippen molar-refractivity contribution < 1.29 is 9.59 Å². The summed E-state index contributed by atoms with van der Waals surface area (Å²) in [4.78, 5) is 25.7. The Morgan fingerprint density at radius 2 is 1.73 bits per heavy atom. The van der Waals surface area contributed by atoms with E-state index in [-0.39, 0.29) is 11.8 Å². The van der Waals surface area contributed by atoms with Crippen LogP contribution in [0.5, 0.6) is 0 Å². The van der Waals surface area contributed by atoms with Gasteiger partial charge in [0.25, 0.3) is 5.91 Å². The molecule has 0 saturated carbocycles. The SMILES string of the molecule is CC(=O)N(CCCc1ccccc1)CCNC(=O)c1ccc(Cl)c(Cl)c1. The van der Waals surface area contributed by atoms with Crippen molar-refractivity contribution in [2.75, 3.05) is 19.6 Å². The average molecular weight is 393 g/mol. The van der Waals surface area contributed by atoms with Crippen molar-refractivity contribution in [2.45, 2.75) is 19.8 Å². The zero-order valence-corrected chi connectivity index (χ0v) is 16.2. The number of nitrogens with one attached hydrogen (secondary N) is 1. The third-order valence-electron chi connectivity index (χ3n) is 4.03. The summed E-state index contributed by atoms with van der Waals surface area (Å²) in [5.74, 6) is -0.238. The quantitative estimate of drug-likeness (QED) is 0.731. The van der Waals surface area contributed by atoms with E-state index >= 15 is 0 Å². The van der Waals surface area contributed by atoms with Gasteiger partial charge >= 0.3 is 0 Å². The minimum Gasteiger partial charge on any atom is -0.350 e. The van der Waals surface area contributed by atoms with Crippen LogP contribution in [0.15, 0.2) is 48.5 Å². The molecule has 0 radical (unpaired) electrons. The van der Waals surface area contributed by atoms with Crippen LogP contribution in [0.25, 0.3) is 0 Å². The summed E-state index contributed by atoms with van der Waals surface area (Å²) in [5.41, 5.74) is 1.70. The Morgan fingerprint density at radius 1 is 1.00 bits per heavy atom. The number of hydrogen-bond acceptors (Lipinski definition) is 2. The van der Waals surface area contributed by atoms with Crippen molar-refractivity contribution >= 4 is 35.0 Å². The van der Waals surface area contributed by atoms with Crippen molar-refractivity contribution in [3.63, 3.8) is 0 Å². The monoisotopic (exact) mass is 392 g/mol. The van der Waals surface area contributed by atoms with Crippen LogP contribution in [0.1, 0.15) is 29.3 Å². The van der Waals surface area contributed by atoms with Gasteiger partial charge in [0.15, 0.2) is 0 Å². The minimum atomic E-state index is -0.239. The Kier molecular flexibility index (Phi) is 7.95. The Balaban J connectivity index is 1.77. The zero-order chi connectivity index (χ0) is 18.9. The van der Waals surface area contributed by atoms with Gasteiger partial charge < -0.3 is 10.2 Å². The molecule has 2 amide bonds. The lowest BCUT2D eigenvalue weighted by Gasteiger charge is -2.21. The molecule has 6 heteroatoms. The highest BCUT2D eigenvalue weighted by molar-refractivity contribution is 6.42. The van der Waals surface area contributed by atoms with Gasteiger partial charge in [-0.15, -0.1) is 0 Å². The number of aryl methyl sites for hydroxylation is 1. The number of hydrogen-bond donors (Lipinski definition) is 1. The third kappa shape index (κ3) is 6.36. The molecular weight excluding hydrogens is 371 g/mol. The van der Waals surface area contributed by atoms with Crippen molar-refractivity contribution in [2.24, 2.45) is 0 Å². The van der Waals surface area contributed by atoms with Crippen LogP contribution in [-0.2, 0) is 11.2 Å². The van der Waals surface area contributed by atoms with E-state index < -0.39 is 0 Å². The van der Waals surface area contributed by atoms with Gasteiger partial charge in [-0.05, 0) is 36.6 Å². The molecule has 0 aromatic heterocycles. The van der Waals surface area contributed by atoms with Gasteiger partial charge in [-0.2, -0.15) is 0 Å². The first-order valence-electron chi connectivity index (χ1n) is 8.50. The van der Waals surface area contributed by atoms with Gasteiger partial charge in [0, 0.05) is 32.1 Å². The molecule has 0 unspecified atom stereocenters. The van der Waals surface area contributed by atoms with E-state index in [2.05, 4.69) is 17.4 Å². The van der Waals surface area contributed by atoms with Crippen LogP contribution >= 0.6 is 23.2 Å². The smallest absolute Gasteiger partial charge is 0.251 e. The van der Waals surface area contributed by atoms with Gasteiger partial charge in [0.1, 0.15) is 0 Å². The predicted octanol–water partition coefficient (Wildman–Crippen LogP) is 4.20. The van der Waals surface area contributed by atoms with E-state index in [1.54, 1.807) is 24.0 Å². The number of halogens is 2. The lowest BCUT2D eigenvalue weighted by Crippen LogP contribution is -2.38. The van der Waals surface area contributed by atoms with Crippen LogP contribution < -0.4 is 5.32 Å². The summed E-state index contributed by atoms with van der Waals surface area (Å²) in [6.45, 7) is 3.05. The number of rotatable bonds is 8. The highest BCUT2D eigenvalue weighted by atomic mass is 35.5. The van der Waals surface area contributed by atoms with Gasteiger partial charge in [-0.25, -0.2) is 0 Å². The molecule has 0 spiro atoms. The molecule has 2 aromatic carbocycles. The highest BCUT2D eigenvalue weighted by Crippen LogP contribution is 2.22.